The zero-order chi connectivity index (χ0) is 24.8. The van der Waals surface area contributed by atoms with E-state index in [1.165, 1.54) is 38.4 Å². The van der Waals surface area contributed by atoms with Crippen LogP contribution in [0.15, 0.2) is 36.4 Å². The second-order valence-corrected chi connectivity index (χ2v) is 7.22. The van der Waals surface area contributed by atoms with Crippen LogP contribution < -0.4 is 19.1 Å². The number of esters is 1. The van der Waals surface area contributed by atoms with Crippen molar-refractivity contribution in [3.05, 3.63) is 52.1 Å². The molecule has 12 nitrogen and oxygen atoms in total. The summed E-state index contributed by atoms with van der Waals surface area (Å²) in [5.74, 6) is -0.585. The van der Waals surface area contributed by atoms with Gasteiger partial charge in [-0.25, -0.2) is 0 Å². The van der Waals surface area contributed by atoms with E-state index >= 15 is 0 Å². The molecule has 1 heterocycles. The Balaban J connectivity index is 1.89. The standard InChI is InChI=1S/C22H23N3O9/c1-31-16-6-14(7-17(9-16)32-2)10-23(12-22(28)33-3)20(26)11-24-18-8-15(25(29)30)4-5-19(18)34-13-21(24)27/h4-9H,10-13H2,1-3H3. The average Bonchev–Trinajstić information content (AvgIpc) is 2.84. The lowest BCUT2D eigenvalue weighted by Crippen LogP contribution is -2.47. The molecule has 180 valence electrons. The van der Waals surface area contributed by atoms with Gasteiger partial charge in [-0.3, -0.25) is 29.4 Å². The monoisotopic (exact) mass is 473 g/mol. The number of ether oxygens (including phenoxy) is 4. The number of fused-ring (bicyclic) bond motifs is 1. The first-order valence-electron chi connectivity index (χ1n) is 10.0. The van der Waals surface area contributed by atoms with Crippen molar-refractivity contribution in [3.8, 4) is 17.2 Å². The summed E-state index contributed by atoms with van der Waals surface area (Å²) in [6.07, 6.45) is 0. The highest BCUT2D eigenvalue weighted by Gasteiger charge is 2.31. The molecule has 12 heteroatoms. The number of hydrogen-bond donors (Lipinski definition) is 0. The van der Waals surface area contributed by atoms with E-state index in [1.807, 2.05) is 0 Å². The molecule has 1 aliphatic rings. The minimum Gasteiger partial charge on any atom is -0.497 e. The van der Waals surface area contributed by atoms with E-state index in [4.69, 9.17) is 18.9 Å². The number of benzene rings is 2. The van der Waals surface area contributed by atoms with Gasteiger partial charge in [0.25, 0.3) is 11.6 Å². The quantitative estimate of drug-likeness (QED) is 0.301. The van der Waals surface area contributed by atoms with Gasteiger partial charge < -0.3 is 23.8 Å². The van der Waals surface area contributed by atoms with Crippen molar-refractivity contribution in [1.82, 2.24) is 4.90 Å². The van der Waals surface area contributed by atoms with E-state index in [2.05, 4.69) is 0 Å². The Morgan fingerprint density at radius 3 is 2.38 bits per heavy atom. The fraction of sp³-hybridized carbons (Fsp3) is 0.318. The van der Waals surface area contributed by atoms with Gasteiger partial charge in [-0.05, 0) is 23.8 Å². The fourth-order valence-electron chi connectivity index (χ4n) is 3.34. The summed E-state index contributed by atoms with van der Waals surface area (Å²) in [7, 11) is 4.16. The molecule has 0 saturated heterocycles. The molecule has 0 saturated carbocycles. The maximum absolute atomic E-state index is 13.2. The molecule has 3 rings (SSSR count). The van der Waals surface area contributed by atoms with Crippen LogP contribution in [0.4, 0.5) is 11.4 Å². The Bertz CT molecular complexity index is 1100. The summed E-state index contributed by atoms with van der Waals surface area (Å²) in [6.45, 7) is -1.19. The minimum atomic E-state index is -0.660. The second-order valence-electron chi connectivity index (χ2n) is 7.22. The predicted molar refractivity (Wildman–Crippen MR) is 118 cm³/mol. The lowest BCUT2D eigenvalue weighted by molar-refractivity contribution is -0.384. The maximum atomic E-state index is 13.2. The third-order valence-electron chi connectivity index (χ3n) is 5.07. The fourth-order valence-corrected chi connectivity index (χ4v) is 3.34. The number of non-ortho nitro benzene ring substituents is 1. The van der Waals surface area contributed by atoms with E-state index in [0.29, 0.717) is 17.1 Å². The highest BCUT2D eigenvalue weighted by molar-refractivity contribution is 6.02. The van der Waals surface area contributed by atoms with E-state index in [0.717, 1.165) is 11.0 Å². The number of nitrogens with zero attached hydrogens (tertiary/aromatic N) is 3. The highest BCUT2D eigenvalue weighted by Crippen LogP contribution is 2.35. The zero-order valence-electron chi connectivity index (χ0n) is 18.8. The molecule has 0 fully saturated rings. The Morgan fingerprint density at radius 1 is 1.12 bits per heavy atom. The summed E-state index contributed by atoms with van der Waals surface area (Å²) < 4.78 is 20.5. The second kappa shape index (κ2) is 10.5. The molecule has 0 unspecified atom stereocenters. The molecular weight excluding hydrogens is 450 g/mol. The van der Waals surface area contributed by atoms with Crippen LogP contribution in [0.25, 0.3) is 0 Å². The van der Waals surface area contributed by atoms with E-state index in [9.17, 15) is 24.5 Å². The Hall–Kier alpha value is -4.35. The topological polar surface area (TPSA) is 138 Å². The van der Waals surface area contributed by atoms with Crippen molar-refractivity contribution < 1.29 is 38.3 Å². The summed E-state index contributed by atoms with van der Waals surface area (Å²) >= 11 is 0. The molecular formula is C22H23N3O9. The van der Waals surface area contributed by atoms with Crippen LogP contribution in [0, 0.1) is 10.1 Å². The van der Waals surface area contributed by atoms with Crippen LogP contribution in [0.5, 0.6) is 17.2 Å². The van der Waals surface area contributed by atoms with Gasteiger partial charge in [0.05, 0.1) is 31.9 Å². The summed E-state index contributed by atoms with van der Waals surface area (Å²) in [6, 6.07) is 8.79. The molecule has 0 atom stereocenters. The first-order valence-corrected chi connectivity index (χ1v) is 10.0. The number of rotatable bonds is 9. The number of anilines is 1. The molecule has 1 aliphatic heterocycles. The molecule has 2 aromatic carbocycles. The van der Waals surface area contributed by atoms with Crippen molar-refractivity contribution in [3.63, 3.8) is 0 Å². The van der Waals surface area contributed by atoms with Gasteiger partial charge >= 0.3 is 5.97 Å². The smallest absolute Gasteiger partial charge is 0.325 e. The van der Waals surface area contributed by atoms with Crippen molar-refractivity contribution in [2.24, 2.45) is 0 Å². The number of carbonyl (C=O) groups is 3. The molecule has 34 heavy (non-hydrogen) atoms. The first kappa shape index (κ1) is 24.3. The van der Waals surface area contributed by atoms with Gasteiger partial charge in [0.1, 0.15) is 30.3 Å². The maximum Gasteiger partial charge on any atom is 0.325 e. The van der Waals surface area contributed by atoms with E-state index in [-0.39, 0.29) is 36.8 Å². The third-order valence-corrected chi connectivity index (χ3v) is 5.07. The molecule has 0 aliphatic carbocycles. The molecule has 0 radical (unpaired) electrons. The number of amides is 2. The third kappa shape index (κ3) is 5.52. The summed E-state index contributed by atoms with van der Waals surface area (Å²) in [4.78, 5) is 50.6. The average molecular weight is 473 g/mol. The molecule has 0 N–H and O–H groups in total. The SMILES string of the molecule is COC(=O)CN(Cc1cc(OC)cc(OC)c1)C(=O)CN1C(=O)COc2ccc([N+](=O)[O-])cc21. The Labute approximate surface area is 194 Å². The first-order chi connectivity index (χ1) is 16.2. The van der Waals surface area contributed by atoms with Crippen LogP contribution >= 0.6 is 0 Å². The highest BCUT2D eigenvalue weighted by atomic mass is 16.6. The molecule has 2 amide bonds. The predicted octanol–water partition coefficient (Wildman–Crippen LogP) is 1.54. The number of nitro benzene ring substituents is 1. The normalized spacial score (nSPS) is 12.3. The van der Waals surface area contributed by atoms with Crippen LogP contribution in [-0.4, -0.2) is 68.6 Å². The number of carbonyl (C=O) groups excluding carboxylic acids is 3. The lowest BCUT2D eigenvalue weighted by atomic mass is 10.1. The molecule has 2 aromatic rings. The van der Waals surface area contributed by atoms with E-state index in [1.54, 1.807) is 18.2 Å². The Morgan fingerprint density at radius 2 is 1.79 bits per heavy atom. The molecule has 0 spiro atoms. The minimum absolute atomic E-state index is 0.0121. The van der Waals surface area contributed by atoms with Crippen molar-refractivity contribution >= 4 is 29.2 Å². The lowest BCUT2D eigenvalue weighted by Gasteiger charge is -2.31. The van der Waals surface area contributed by atoms with Crippen LogP contribution in [-0.2, 0) is 25.7 Å². The molecule has 0 aromatic heterocycles. The van der Waals surface area contributed by atoms with Gasteiger partial charge in [-0.2, -0.15) is 0 Å². The van der Waals surface area contributed by atoms with Crippen molar-refractivity contribution in [2.75, 3.05) is 45.9 Å². The number of hydrogen-bond acceptors (Lipinski definition) is 9. The van der Waals surface area contributed by atoms with Gasteiger partial charge in [0.2, 0.25) is 5.91 Å². The number of nitro groups is 1. The van der Waals surface area contributed by atoms with Crippen molar-refractivity contribution in [2.45, 2.75) is 6.54 Å². The summed E-state index contributed by atoms with van der Waals surface area (Å²) in [5, 5.41) is 11.2. The zero-order valence-corrected chi connectivity index (χ0v) is 18.8. The van der Waals surface area contributed by atoms with Crippen LogP contribution in [0.3, 0.4) is 0 Å². The molecule has 0 bridgehead atoms. The summed E-state index contributed by atoms with van der Waals surface area (Å²) in [5.41, 5.74) is 0.446. The van der Waals surface area contributed by atoms with Crippen molar-refractivity contribution in [1.29, 1.82) is 0 Å². The largest absolute Gasteiger partial charge is 0.497 e. The van der Waals surface area contributed by atoms with Gasteiger partial charge in [0, 0.05) is 24.7 Å². The van der Waals surface area contributed by atoms with Gasteiger partial charge in [-0.15, -0.1) is 0 Å². The number of methoxy groups -OCH3 is 3. The Kier molecular flexibility index (Phi) is 7.51. The van der Waals surface area contributed by atoms with Crippen LogP contribution in [0.1, 0.15) is 5.56 Å². The van der Waals surface area contributed by atoms with Crippen LogP contribution in [0.2, 0.25) is 0 Å². The van der Waals surface area contributed by atoms with E-state index < -0.39 is 29.3 Å². The van der Waals surface area contributed by atoms with Gasteiger partial charge in [-0.1, -0.05) is 0 Å². The van der Waals surface area contributed by atoms with Gasteiger partial charge in [0.15, 0.2) is 6.61 Å².